The van der Waals surface area contributed by atoms with E-state index in [4.69, 9.17) is 0 Å². The molecule has 26 heavy (non-hydrogen) atoms. The predicted molar refractivity (Wildman–Crippen MR) is 106 cm³/mol. The van der Waals surface area contributed by atoms with Gasteiger partial charge in [0.25, 0.3) is 0 Å². The summed E-state index contributed by atoms with van der Waals surface area (Å²) in [6, 6.07) is 8.09. The first kappa shape index (κ1) is 20.3. The van der Waals surface area contributed by atoms with Gasteiger partial charge in [0, 0.05) is 31.2 Å². The van der Waals surface area contributed by atoms with Gasteiger partial charge >= 0.3 is 6.03 Å². The van der Waals surface area contributed by atoms with E-state index in [1.54, 1.807) is 0 Å². The monoisotopic (exact) mass is 359 g/mol. The molecule has 0 aromatic heterocycles. The second-order valence-corrected chi connectivity index (χ2v) is 7.58. The molecule has 0 spiro atoms. The van der Waals surface area contributed by atoms with Gasteiger partial charge in [-0.05, 0) is 49.3 Å². The number of rotatable bonds is 7. The summed E-state index contributed by atoms with van der Waals surface area (Å²) >= 11 is 0. The Balaban J connectivity index is 1.81. The number of hydrogen-bond acceptors (Lipinski definition) is 2. The fraction of sp³-hybridized carbons (Fsp3) is 0.619. The summed E-state index contributed by atoms with van der Waals surface area (Å²) in [7, 11) is 0. The molecular formula is C21H33N3O2. The number of carbonyl (C=O) groups excluding carboxylic acids is 2. The summed E-state index contributed by atoms with van der Waals surface area (Å²) in [6.07, 6.45) is 5.49. The third-order valence-corrected chi connectivity index (χ3v) is 4.92. The zero-order valence-corrected chi connectivity index (χ0v) is 16.4. The fourth-order valence-corrected chi connectivity index (χ4v) is 3.20. The number of aryl methyl sites for hydroxylation is 1. The number of nitrogens with one attached hydrogen (secondary N) is 2. The van der Waals surface area contributed by atoms with Crippen LogP contribution in [0.1, 0.15) is 52.0 Å². The highest BCUT2D eigenvalue weighted by Crippen LogP contribution is 2.18. The first-order chi connectivity index (χ1) is 12.5. The van der Waals surface area contributed by atoms with Crippen molar-refractivity contribution in [1.82, 2.24) is 10.2 Å². The molecule has 1 saturated heterocycles. The Kier molecular flexibility index (Phi) is 7.95. The van der Waals surface area contributed by atoms with Crippen LogP contribution in [0.15, 0.2) is 24.3 Å². The van der Waals surface area contributed by atoms with Crippen LogP contribution in [0.5, 0.6) is 0 Å². The fourth-order valence-electron chi connectivity index (χ4n) is 3.20. The number of anilines is 1. The minimum Gasteiger partial charge on any atom is -0.356 e. The number of urea groups is 1. The summed E-state index contributed by atoms with van der Waals surface area (Å²) in [5.41, 5.74) is 2.15. The van der Waals surface area contributed by atoms with Crippen LogP contribution >= 0.6 is 0 Å². The van der Waals surface area contributed by atoms with Crippen molar-refractivity contribution in [3.63, 3.8) is 0 Å². The largest absolute Gasteiger partial charge is 0.356 e. The van der Waals surface area contributed by atoms with Gasteiger partial charge in [-0.15, -0.1) is 0 Å². The highest BCUT2D eigenvalue weighted by molar-refractivity contribution is 5.89. The van der Waals surface area contributed by atoms with E-state index in [0.29, 0.717) is 19.0 Å². The highest BCUT2D eigenvalue weighted by Gasteiger charge is 2.24. The van der Waals surface area contributed by atoms with Crippen molar-refractivity contribution < 1.29 is 9.59 Å². The molecule has 1 aromatic rings. The zero-order valence-electron chi connectivity index (χ0n) is 16.4. The lowest BCUT2D eigenvalue weighted by Gasteiger charge is -2.33. The summed E-state index contributed by atoms with van der Waals surface area (Å²) in [6.45, 7) is 8.09. The molecule has 1 aliphatic heterocycles. The van der Waals surface area contributed by atoms with E-state index in [2.05, 4.69) is 29.7 Å². The Bertz CT molecular complexity index is 583. The Morgan fingerprint density at radius 1 is 1.23 bits per heavy atom. The molecule has 5 nitrogen and oxygen atoms in total. The number of nitrogens with zero attached hydrogens (tertiary/aromatic N) is 1. The molecular weight excluding hydrogens is 326 g/mol. The van der Waals surface area contributed by atoms with Crippen LogP contribution in [0, 0.1) is 11.8 Å². The standard InChI is InChI=1S/C21H33N3O2/c1-4-5-7-17-9-11-19(12-10-17)23-21(26)24-13-6-8-18(15-24)14-22-20(25)16(2)3/h9-12,16,18H,4-8,13-15H2,1-3H3,(H,22,25)(H,23,26). The lowest BCUT2D eigenvalue weighted by molar-refractivity contribution is -0.124. The Morgan fingerprint density at radius 3 is 2.62 bits per heavy atom. The average Bonchev–Trinajstić information content (AvgIpc) is 2.65. The molecule has 0 aliphatic carbocycles. The quantitative estimate of drug-likeness (QED) is 0.772. The summed E-state index contributed by atoms with van der Waals surface area (Å²) in [4.78, 5) is 26.1. The molecule has 1 fully saturated rings. The van der Waals surface area contributed by atoms with Crippen LogP contribution in [-0.2, 0) is 11.2 Å². The second kappa shape index (κ2) is 10.2. The molecule has 3 amide bonds. The third kappa shape index (κ3) is 6.36. The number of benzene rings is 1. The van der Waals surface area contributed by atoms with Crippen molar-refractivity contribution in [2.24, 2.45) is 11.8 Å². The maximum Gasteiger partial charge on any atom is 0.321 e. The van der Waals surface area contributed by atoms with Gasteiger partial charge in [0.2, 0.25) is 5.91 Å². The highest BCUT2D eigenvalue weighted by atomic mass is 16.2. The minimum absolute atomic E-state index is 0.00158. The van der Waals surface area contributed by atoms with Gasteiger partial charge in [0.05, 0.1) is 0 Å². The van der Waals surface area contributed by atoms with E-state index in [1.807, 2.05) is 30.9 Å². The van der Waals surface area contributed by atoms with E-state index < -0.39 is 0 Å². The van der Waals surface area contributed by atoms with E-state index in [-0.39, 0.29) is 17.9 Å². The van der Waals surface area contributed by atoms with Gasteiger partial charge in [-0.3, -0.25) is 4.79 Å². The van der Waals surface area contributed by atoms with Crippen molar-refractivity contribution in [2.45, 2.75) is 52.9 Å². The van der Waals surface area contributed by atoms with Crippen LogP contribution in [-0.4, -0.2) is 36.5 Å². The first-order valence-corrected chi connectivity index (χ1v) is 9.92. The first-order valence-electron chi connectivity index (χ1n) is 9.92. The van der Waals surface area contributed by atoms with Crippen molar-refractivity contribution in [3.8, 4) is 0 Å². The Labute approximate surface area is 157 Å². The SMILES string of the molecule is CCCCc1ccc(NC(=O)N2CCCC(CNC(=O)C(C)C)C2)cc1. The summed E-state index contributed by atoms with van der Waals surface area (Å²) < 4.78 is 0. The minimum atomic E-state index is -0.0498. The molecule has 1 aliphatic rings. The molecule has 0 saturated carbocycles. The normalized spacial score (nSPS) is 17.2. The van der Waals surface area contributed by atoms with Gasteiger partial charge in [-0.2, -0.15) is 0 Å². The van der Waals surface area contributed by atoms with Gasteiger partial charge in [0.15, 0.2) is 0 Å². The number of likely N-dealkylation sites (tertiary alicyclic amines) is 1. The van der Waals surface area contributed by atoms with E-state index in [9.17, 15) is 9.59 Å². The smallest absolute Gasteiger partial charge is 0.321 e. The molecule has 2 N–H and O–H groups in total. The van der Waals surface area contributed by atoms with Gasteiger partial charge in [-0.1, -0.05) is 39.3 Å². The van der Waals surface area contributed by atoms with Crippen molar-refractivity contribution in [1.29, 1.82) is 0 Å². The molecule has 1 unspecified atom stereocenters. The molecule has 1 atom stereocenters. The number of amides is 3. The Morgan fingerprint density at radius 2 is 1.96 bits per heavy atom. The number of hydrogen-bond donors (Lipinski definition) is 2. The zero-order chi connectivity index (χ0) is 18.9. The van der Waals surface area contributed by atoms with Gasteiger partial charge < -0.3 is 15.5 Å². The lowest BCUT2D eigenvalue weighted by Crippen LogP contribution is -2.45. The second-order valence-electron chi connectivity index (χ2n) is 7.58. The van der Waals surface area contributed by atoms with Gasteiger partial charge in [0.1, 0.15) is 0 Å². The predicted octanol–water partition coefficient (Wildman–Crippen LogP) is 4.05. The Hall–Kier alpha value is -2.04. The molecule has 1 heterocycles. The van der Waals surface area contributed by atoms with E-state index >= 15 is 0 Å². The molecule has 5 heteroatoms. The maximum absolute atomic E-state index is 12.5. The molecule has 0 bridgehead atoms. The van der Waals surface area contributed by atoms with Gasteiger partial charge in [-0.25, -0.2) is 4.79 Å². The average molecular weight is 360 g/mol. The topological polar surface area (TPSA) is 61.4 Å². The third-order valence-electron chi connectivity index (χ3n) is 4.92. The van der Waals surface area contributed by atoms with Crippen molar-refractivity contribution in [2.75, 3.05) is 25.0 Å². The number of piperidine rings is 1. The molecule has 144 valence electrons. The van der Waals surface area contributed by atoms with Crippen LogP contribution in [0.2, 0.25) is 0 Å². The van der Waals surface area contributed by atoms with Crippen LogP contribution in [0.25, 0.3) is 0 Å². The molecule has 0 radical (unpaired) electrons. The van der Waals surface area contributed by atoms with E-state index in [0.717, 1.165) is 31.5 Å². The number of unbranched alkanes of at least 4 members (excludes halogenated alkanes) is 1. The van der Waals surface area contributed by atoms with Crippen LogP contribution < -0.4 is 10.6 Å². The summed E-state index contributed by atoms with van der Waals surface area (Å²) in [5, 5.41) is 5.98. The van der Waals surface area contributed by atoms with Crippen molar-refractivity contribution in [3.05, 3.63) is 29.8 Å². The molecule has 2 rings (SSSR count). The lowest BCUT2D eigenvalue weighted by atomic mass is 9.98. The van der Waals surface area contributed by atoms with Crippen molar-refractivity contribution >= 4 is 17.6 Å². The van der Waals surface area contributed by atoms with Crippen LogP contribution in [0.4, 0.5) is 10.5 Å². The van der Waals surface area contributed by atoms with E-state index in [1.165, 1.54) is 18.4 Å². The number of carbonyl (C=O) groups is 2. The summed E-state index contributed by atoms with van der Waals surface area (Å²) in [5.74, 6) is 0.404. The molecule has 1 aromatic carbocycles. The van der Waals surface area contributed by atoms with Crippen LogP contribution in [0.3, 0.4) is 0 Å². The maximum atomic E-state index is 12.5.